The molecule has 3 heterocycles. The van der Waals surface area contributed by atoms with Crippen LogP contribution in [0.25, 0.3) is 22.2 Å². The molecule has 0 radical (unpaired) electrons. The van der Waals surface area contributed by atoms with Gasteiger partial charge in [0, 0.05) is 17.1 Å². The van der Waals surface area contributed by atoms with Crippen molar-refractivity contribution in [1.29, 1.82) is 0 Å². The number of hydrogen-bond acceptors (Lipinski definition) is 9. The molecule has 0 atom stereocenters. The van der Waals surface area contributed by atoms with Crippen molar-refractivity contribution in [2.75, 3.05) is 16.8 Å². The van der Waals surface area contributed by atoms with Gasteiger partial charge in [0.1, 0.15) is 0 Å². The first kappa shape index (κ1) is 20.1. The van der Waals surface area contributed by atoms with Crippen molar-refractivity contribution < 1.29 is 9.53 Å². The summed E-state index contributed by atoms with van der Waals surface area (Å²) in [6, 6.07) is 7.87. The van der Waals surface area contributed by atoms with Crippen LogP contribution in [0.2, 0.25) is 5.02 Å². The van der Waals surface area contributed by atoms with E-state index in [1.54, 1.807) is 11.6 Å². The number of benzene rings is 2. The molecule has 0 bridgehead atoms. The van der Waals surface area contributed by atoms with Crippen LogP contribution < -0.4 is 11.1 Å². The fourth-order valence-electron chi connectivity index (χ4n) is 3.47. The van der Waals surface area contributed by atoms with E-state index < -0.39 is 0 Å². The Morgan fingerprint density at radius 3 is 2.97 bits per heavy atom. The third-order valence-corrected chi connectivity index (χ3v) is 6.50. The summed E-state index contributed by atoms with van der Waals surface area (Å²) in [5, 5.41) is 7.95. The third-order valence-electron chi connectivity index (χ3n) is 4.66. The maximum absolute atomic E-state index is 12.2. The molecule has 3 N–H and O–H groups in total. The van der Waals surface area contributed by atoms with Crippen molar-refractivity contribution in [3.05, 3.63) is 52.0 Å². The Hall–Kier alpha value is -2.79. The first-order valence-electron chi connectivity index (χ1n) is 9.23. The number of ether oxygens (including phenoxy) is 1. The van der Waals surface area contributed by atoms with E-state index in [2.05, 4.69) is 25.3 Å². The molecule has 0 saturated heterocycles. The second kappa shape index (κ2) is 8.39. The normalized spacial score (nSPS) is 12.8. The molecule has 156 valence electrons. The minimum absolute atomic E-state index is 0.0627. The highest BCUT2D eigenvalue weighted by Gasteiger charge is 2.21. The highest BCUT2D eigenvalue weighted by Crippen LogP contribution is 2.39. The summed E-state index contributed by atoms with van der Waals surface area (Å²) >= 11 is 9.15. The predicted molar refractivity (Wildman–Crippen MR) is 122 cm³/mol. The summed E-state index contributed by atoms with van der Waals surface area (Å²) in [4.78, 5) is 29.2. The molecule has 1 aliphatic rings. The van der Waals surface area contributed by atoms with Gasteiger partial charge in [-0.3, -0.25) is 4.79 Å². The molecule has 0 unspecified atom stereocenters. The number of nitrogens with one attached hydrogen (secondary N) is 1. The quantitative estimate of drug-likeness (QED) is 0.418. The molecular weight excluding hydrogens is 456 g/mol. The smallest absolute Gasteiger partial charge is 0.236 e. The summed E-state index contributed by atoms with van der Waals surface area (Å²) in [5.41, 5.74) is 8.76. The molecule has 0 saturated carbocycles. The summed E-state index contributed by atoms with van der Waals surface area (Å²) in [5.74, 6) is 0.334. The van der Waals surface area contributed by atoms with E-state index in [0.29, 0.717) is 39.9 Å². The van der Waals surface area contributed by atoms with E-state index in [1.165, 1.54) is 23.1 Å². The Morgan fingerprint density at radius 2 is 2.13 bits per heavy atom. The Bertz CT molecular complexity index is 1300. The van der Waals surface area contributed by atoms with E-state index in [1.807, 2.05) is 24.3 Å². The van der Waals surface area contributed by atoms with Gasteiger partial charge in [-0.15, -0.1) is 11.3 Å². The average molecular weight is 471 g/mol. The molecule has 4 aromatic rings. The zero-order valence-corrected chi connectivity index (χ0v) is 18.4. The first-order valence-corrected chi connectivity index (χ1v) is 11.5. The number of carbonyl (C=O) groups excluding carboxylic acids is 1. The highest BCUT2D eigenvalue weighted by molar-refractivity contribution is 7.99. The van der Waals surface area contributed by atoms with Crippen molar-refractivity contribution in [2.45, 2.75) is 18.4 Å². The number of thioether (sulfide) groups is 1. The van der Waals surface area contributed by atoms with Crippen LogP contribution >= 0.6 is 34.7 Å². The zero-order valence-electron chi connectivity index (χ0n) is 16.0. The fourth-order valence-corrected chi connectivity index (χ4v) is 4.97. The van der Waals surface area contributed by atoms with Crippen LogP contribution in [0.4, 0.5) is 11.1 Å². The number of rotatable bonds is 5. The third kappa shape index (κ3) is 4.07. The molecule has 0 spiro atoms. The van der Waals surface area contributed by atoms with Crippen LogP contribution in [0, 0.1) is 0 Å². The maximum atomic E-state index is 12.2. The second-order valence-electron chi connectivity index (χ2n) is 6.70. The van der Waals surface area contributed by atoms with Crippen molar-refractivity contribution in [2.24, 2.45) is 0 Å². The van der Waals surface area contributed by atoms with Crippen molar-refractivity contribution in [1.82, 2.24) is 19.9 Å². The molecule has 0 aliphatic carbocycles. The highest BCUT2D eigenvalue weighted by atomic mass is 35.5. The van der Waals surface area contributed by atoms with E-state index >= 15 is 0 Å². The minimum Gasteiger partial charge on any atom is -0.372 e. The molecule has 2 aromatic carbocycles. The van der Waals surface area contributed by atoms with Crippen molar-refractivity contribution in [3.8, 4) is 11.4 Å². The number of aromatic nitrogens is 4. The number of hydrogen-bond donors (Lipinski definition) is 2. The lowest BCUT2D eigenvalue weighted by Crippen LogP contribution is -2.14. The van der Waals surface area contributed by atoms with Crippen LogP contribution in [0.1, 0.15) is 11.1 Å². The number of amides is 1. The van der Waals surface area contributed by atoms with Gasteiger partial charge < -0.3 is 15.8 Å². The molecule has 1 amide bonds. The first-order chi connectivity index (χ1) is 15.1. The number of nitrogens with two attached hydrogens (primary N) is 1. The number of halogens is 1. The van der Waals surface area contributed by atoms with Crippen LogP contribution in [-0.4, -0.2) is 31.6 Å². The lowest BCUT2D eigenvalue weighted by atomic mass is 9.94. The van der Waals surface area contributed by atoms with Crippen LogP contribution in [0.3, 0.4) is 0 Å². The number of anilines is 2. The molecule has 8 nitrogen and oxygen atoms in total. The van der Waals surface area contributed by atoms with E-state index in [9.17, 15) is 4.79 Å². The monoisotopic (exact) mass is 470 g/mol. The number of carbonyl (C=O) groups is 1. The predicted octanol–water partition coefficient (Wildman–Crippen LogP) is 4.14. The second-order valence-corrected chi connectivity index (χ2v) is 8.94. The van der Waals surface area contributed by atoms with Gasteiger partial charge in [-0.05, 0) is 28.0 Å². The van der Waals surface area contributed by atoms with Crippen molar-refractivity contribution in [3.63, 3.8) is 0 Å². The fraction of sp³-hybridized carbons (Fsp3) is 0.150. The molecule has 31 heavy (non-hydrogen) atoms. The molecule has 2 aromatic heterocycles. The molecular formula is C20H15ClN6O2S2. The Labute approximate surface area is 190 Å². The lowest BCUT2D eigenvalue weighted by molar-refractivity contribution is -0.113. The number of nitrogens with zero attached hydrogens (tertiary/aromatic N) is 4. The minimum atomic E-state index is -0.208. The molecule has 1 aliphatic heterocycles. The molecule has 0 fully saturated rings. The van der Waals surface area contributed by atoms with Gasteiger partial charge in [0.15, 0.2) is 16.1 Å². The summed E-state index contributed by atoms with van der Waals surface area (Å²) < 4.78 is 5.65. The largest absolute Gasteiger partial charge is 0.372 e. The summed E-state index contributed by atoms with van der Waals surface area (Å²) in [7, 11) is 0. The van der Waals surface area contributed by atoms with E-state index in [4.69, 9.17) is 22.1 Å². The standard InChI is InChI=1S/C20H15ClN6O2S2/c21-13-6-11-8-29-7-10-2-1-3-12(15(10)11)16(13)17-25-18(22)27-20(26-17)31-9-14(28)24-19-23-4-5-30-19/h1-6H,7-9H2,(H,23,24,28)(H2,22,25,26,27). The molecule has 5 rings (SSSR count). The topological polar surface area (TPSA) is 116 Å². The van der Waals surface area contributed by atoms with E-state index in [0.717, 1.165) is 21.9 Å². The lowest BCUT2D eigenvalue weighted by Gasteiger charge is -2.20. The van der Waals surface area contributed by atoms with Crippen LogP contribution in [0.5, 0.6) is 0 Å². The van der Waals surface area contributed by atoms with Gasteiger partial charge in [0.2, 0.25) is 11.9 Å². The van der Waals surface area contributed by atoms with Crippen LogP contribution in [0.15, 0.2) is 41.0 Å². The Morgan fingerprint density at radius 1 is 1.26 bits per heavy atom. The van der Waals surface area contributed by atoms with Gasteiger partial charge in [0.05, 0.1) is 24.0 Å². The summed E-state index contributed by atoms with van der Waals surface area (Å²) in [6.45, 7) is 1.04. The SMILES string of the molecule is Nc1nc(SCC(=O)Nc2nccs2)nc(-c2c(Cl)cc3c4c(cccc24)COC3)n1. The van der Waals surface area contributed by atoms with E-state index in [-0.39, 0.29) is 17.6 Å². The van der Waals surface area contributed by atoms with Gasteiger partial charge >= 0.3 is 0 Å². The number of thiazole rings is 1. The van der Waals surface area contributed by atoms with Gasteiger partial charge in [0.25, 0.3) is 0 Å². The Balaban J connectivity index is 1.48. The Kier molecular flexibility index (Phi) is 5.45. The van der Waals surface area contributed by atoms with Crippen LogP contribution in [-0.2, 0) is 22.7 Å². The summed E-state index contributed by atoms with van der Waals surface area (Å²) in [6.07, 6.45) is 1.63. The maximum Gasteiger partial charge on any atom is 0.236 e. The van der Waals surface area contributed by atoms with Crippen molar-refractivity contribution >= 4 is 62.5 Å². The number of nitrogen functional groups attached to an aromatic ring is 1. The van der Waals surface area contributed by atoms with Gasteiger partial charge in [-0.25, -0.2) is 9.97 Å². The zero-order chi connectivity index (χ0) is 21.4. The molecule has 11 heteroatoms. The van der Waals surface area contributed by atoms with Gasteiger partial charge in [-0.1, -0.05) is 41.6 Å². The average Bonchev–Trinajstić information content (AvgIpc) is 3.25. The van der Waals surface area contributed by atoms with Gasteiger partial charge in [-0.2, -0.15) is 9.97 Å².